The van der Waals surface area contributed by atoms with Gasteiger partial charge in [-0.15, -0.1) is 0 Å². The van der Waals surface area contributed by atoms with E-state index in [9.17, 15) is 14.4 Å². The molecule has 7 nitrogen and oxygen atoms in total. The zero-order valence-corrected chi connectivity index (χ0v) is 18.5. The van der Waals surface area contributed by atoms with E-state index in [1.165, 1.54) is 6.08 Å². The third-order valence-corrected chi connectivity index (χ3v) is 5.11. The summed E-state index contributed by atoms with van der Waals surface area (Å²) in [6.45, 7) is 3.52. The summed E-state index contributed by atoms with van der Waals surface area (Å²) in [7, 11) is 0. The largest absolute Gasteiger partial charge is 0.489 e. The average molecular weight is 462 g/mol. The SMILES string of the molecule is CCC(C)Oc1ccc(/C=C2/NC(=O)N(CC(=O)Nc3ccc(Cl)cc3)C2=O)cc1Cl. The minimum atomic E-state index is -0.676. The van der Waals surface area contributed by atoms with Gasteiger partial charge in [0.05, 0.1) is 11.1 Å². The summed E-state index contributed by atoms with van der Waals surface area (Å²) in [4.78, 5) is 37.9. The van der Waals surface area contributed by atoms with E-state index in [1.807, 2.05) is 13.8 Å². The molecule has 1 aliphatic heterocycles. The van der Waals surface area contributed by atoms with Crippen LogP contribution in [0, 0.1) is 0 Å². The second-order valence-electron chi connectivity index (χ2n) is 6.96. The van der Waals surface area contributed by atoms with Crippen molar-refractivity contribution >= 4 is 52.8 Å². The van der Waals surface area contributed by atoms with Crippen LogP contribution in [0.25, 0.3) is 6.08 Å². The third kappa shape index (κ3) is 5.77. The number of imide groups is 1. The second kappa shape index (κ2) is 9.85. The summed E-state index contributed by atoms with van der Waals surface area (Å²) < 4.78 is 5.72. The van der Waals surface area contributed by atoms with E-state index in [0.717, 1.165) is 11.3 Å². The molecule has 0 aliphatic carbocycles. The van der Waals surface area contributed by atoms with E-state index in [1.54, 1.807) is 42.5 Å². The van der Waals surface area contributed by atoms with Gasteiger partial charge in [0, 0.05) is 10.7 Å². The smallest absolute Gasteiger partial charge is 0.329 e. The summed E-state index contributed by atoms with van der Waals surface area (Å²) in [5.41, 5.74) is 1.17. The Balaban J connectivity index is 1.67. The first-order valence-electron chi connectivity index (χ1n) is 9.63. The van der Waals surface area contributed by atoms with Gasteiger partial charge in [-0.1, -0.05) is 36.2 Å². The summed E-state index contributed by atoms with van der Waals surface area (Å²) in [5.74, 6) is -0.575. The zero-order valence-electron chi connectivity index (χ0n) is 16.9. The lowest BCUT2D eigenvalue weighted by atomic mass is 10.1. The molecule has 0 spiro atoms. The standard InChI is InChI=1S/C22H21Cl2N3O4/c1-3-13(2)31-19-9-4-14(10-17(19)24)11-18-21(29)27(22(30)26-18)12-20(28)25-16-7-5-15(23)6-8-16/h4-11,13H,3,12H2,1-2H3,(H,25,28)(H,26,30)/b18-11+. The van der Waals surface area contributed by atoms with Crippen LogP contribution in [-0.4, -0.2) is 35.4 Å². The lowest BCUT2D eigenvalue weighted by Crippen LogP contribution is -2.38. The van der Waals surface area contributed by atoms with Gasteiger partial charge in [-0.25, -0.2) is 9.69 Å². The zero-order chi connectivity index (χ0) is 22.5. The van der Waals surface area contributed by atoms with Crippen molar-refractivity contribution in [1.82, 2.24) is 10.2 Å². The van der Waals surface area contributed by atoms with Crippen LogP contribution in [0.4, 0.5) is 10.5 Å². The third-order valence-electron chi connectivity index (χ3n) is 4.56. The molecule has 9 heteroatoms. The van der Waals surface area contributed by atoms with E-state index in [4.69, 9.17) is 27.9 Å². The number of benzene rings is 2. The molecule has 1 aliphatic rings. The summed E-state index contributed by atoms with van der Waals surface area (Å²) in [6.07, 6.45) is 2.35. The molecule has 2 N–H and O–H groups in total. The van der Waals surface area contributed by atoms with Crippen molar-refractivity contribution in [2.24, 2.45) is 0 Å². The van der Waals surface area contributed by atoms with Crippen LogP contribution in [0.1, 0.15) is 25.8 Å². The van der Waals surface area contributed by atoms with Crippen LogP contribution < -0.4 is 15.4 Å². The Morgan fingerprint density at radius 3 is 2.55 bits per heavy atom. The topological polar surface area (TPSA) is 87.7 Å². The molecular weight excluding hydrogens is 441 g/mol. The molecule has 2 aromatic rings. The molecular formula is C22H21Cl2N3O4. The normalized spacial score (nSPS) is 15.7. The molecule has 4 amide bonds. The number of rotatable bonds is 7. The van der Waals surface area contributed by atoms with Crippen molar-refractivity contribution in [3.63, 3.8) is 0 Å². The van der Waals surface area contributed by atoms with Crippen LogP contribution in [-0.2, 0) is 9.59 Å². The van der Waals surface area contributed by atoms with Gasteiger partial charge in [-0.05, 0) is 61.4 Å². The summed E-state index contributed by atoms with van der Waals surface area (Å²) in [5, 5.41) is 6.02. The van der Waals surface area contributed by atoms with Crippen molar-refractivity contribution in [2.45, 2.75) is 26.4 Å². The lowest BCUT2D eigenvalue weighted by molar-refractivity contribution is -0.127. The number of halogens is 2. The Hall–Kier alpha value is -3.03. The van der Waals surface area contributed by atoms with Crippen LogP contribution in [0.15, 0.2) is 48.2 Å². The number of carbonyl (C=O) groups is 3. The number of hydrogen-bond donors (Lipinski definition) is 2. The molecule has 3 rings (SSSR count). The van der Waals surface area contributed by atoms with Crippen molar-refractivity contribution in [3.05, 3.63) is 63.8 Å². The van der Waals surface area contributed by atoms with Crippen LogP contribution in [0.3, 0.4) is 0 Å². The molecule has 2 aromatic carbocycles. The van der Waals surface area contributed by atoms with E-state index in [0.29, 0.717) is 27.0 Å². The Bertz CT molecular complexity index is 1040. The average Bonchev–Trinajstić information content (AvgIpc) is 2.99. The lowest BCUT2D eigenvalue weighted by Gasteiger charge is -2.14. The Morgan fingerprint density at radius 1 is 1.19 bits per heavy atom. The van der Waals surface area contributed by atoms with Crippen molar-refractivity contribution in [1.29, 1.82) is 0 Å². The number of anilines is 1. The fourth-order valence-corrected chi connectivity index (χ4v) is 3.12. The number of nitrogens with zero attached hydrogens (tertiary/aromatic N) is 1. The minimum Gasteiger partial charge on any atom is -0.489 e. The van der Waals surface area contributed by atoms with E-state index in [-0.39, 0.29) is 11.8 Å². The number of amides is 4. The molecule has 1 atom stereocenters. The Kier molecular flexibility index (Phi) is 7.20. The monoisotopic (exact) mass is 461 g/mol. The van der Waals surface area contributed by atoms with Gasteiger partial charge in [-0.2, -0.15) is 0 Å². The number of carbonyl (C=O) groups excluding carboxylic acids is 3. The predicted octanol–water partition coefficient (Wildman–Crippen LogP) is 4.70. The van der Waals surface area contributed by atoms with Gasteiger partial charge in [0.1, 0.15) is 18.0 Å². The molecule has 1 saturated heterocycles. The van der Waals surface area contributed by atoms with Crippen LogP contribution in [0.5, 0.6) is 5.75 Å². The maximum Gasteiger partial charge on any atom is 0.329 e. The summed E-state index contributed by atoms with van der Waals surface area (Å²) in [6, 6.07) is 10.9. The Morgan fingerprint density at radius 2 is 1.90 bits per heavy atom. The molecule has 162 valence electrons. The molecule has 31 heavy (non-hydrogen) atoms. The van der Waals surface area contributed by atoms with E-state index >= 15 is 0 Å². The van der Waals surface area contributed by atoms with Crippen LogP contribution in [0.2, 0.25) is 10.0 Å². The highest BCUT2D eigenvalue weighted by molar-refractivity contribution is 6.32. The van der Waals surface area contributed by atoms with Crippen molar-refractivity contribution in [3.8, 4) is 5.75 Å². The van der Waals surface area contributed by atoms with Gasteiger partial charge in [-0.3, -0.25) is 9.59 Å². The number of hydrogen-bond acceptors (Lipinski definition) is 4. The van der Waals surface area contributed by atoms with Crippen molar-refractivity contribution < 1.29 is 19.1 Å². The first kappa shape index (κ1) is 22.7. The Labute approximate surface area is 190 Å². The van der Waals surface area contributed by atoms with Gasteiger partial charge >= 0.3 is 6.03 Å². The number of nitrogens with one attached hydrogen (secondary N) is 2. The first-order valence-corrected chi connectivity index (χ1v) is 10.4. The van der Waals surface area contributed by atoms with Crippen molar-refractivity contribution in [2.75, 3.05) is 11.9 Å². The molecule has 1 fully saturated rings. The second-order valence-corrected chi connectivity index (χ2v) is 7.80. The quantitative estimate of drug-likeness (QED) is 0.461. The maximum absolute atomic E-state index is 12.6. The number of ether oxygens (including phenoxy) is 1. The molecule has 1 unspecified atom stereocenters. The van der Waals surface area contributed by atoms with Crippen LogP contribution >= 0.6 is 23.2 Å². The van der Waals surface area contributed by atoms with E-state index < -0.39 is 24.4 Å². The number of urea groups is 1. The molecule has 0 saturated carbocycles. The molecule has 0 bridgehead atoms. The molecule has 0 aromatic heterocycles. The summed E-state index contributed by atoms with van der Waals surface area (Å²) >= 11 is 12.1. The highest BCUT2D eigenvalue weighted by Crippen LogP contribution is 2.28. The highest BCUT2D eigenvalue weighted by atomic mass is 35.5. The van der Waals surface area contributed by atoms with Gasteiger partial charge in [0.2, 0.25) is 5.91 Å². The fourth-order valence-electron chi connectivity index (χ4n) is 2.76. The fraction of sp³-hybridized carbons (Fsp3) is 0.227. The van der Waals surface area contributed by atoms with Gasteiger partial charge < -0.3 is 15.4 Å². The first-order chi connectivity index (χ1) is 14.8. The van der Waals surface area contributed by atoms with Gasteiger partial charge in [0.25, 0.3) is 5.91 Å². The minimum absolute atomic E-state index is 0.0185. The predicted molar refractivity (Wildman–Crippen MR) is 120 cm³/mol. The maximum atomic E-state index is 12.6. The van der Waals surface area contributed by atoms with Gasteiger partial charge in [0.15, 0.2) is 0 Å². The highest BCUT2D eigenvalue weighted by Gasteiger charge is 2.34. The molecule has 0 radical (unpaired) electrons. The molecule has 1 heterocycles. The van der Waals surface area contributed by atoms with E-state index in [2.05, 4.69) is 10.6 Å².